The van der Waals surface area contributed by atoms with Crippen LogP contribution in [0.1, 0.15) is 25.0 Å². The molecule has 2 rings (SSSR count). The van der Waals surface area contributed by atoms with E-state index in [-0.39, 0.29) is 6.10 Å². The molecule has 0 fully saturated rings. The van der Waals surface area contributed by atoms with Crippen LogP contribution in [0.3, 0.4) is 0 Å². The van der Waals surface area contributed by atoms with E-state index < -0.39 is 0 Å². The number of anilines is 2. The van der Waals surface area contributed by atoms with Crippen molar-refractivity contribution < 1.29 is 4.74 Å². The number of nitrogens with two attached hydrogens (primary N) is 1. The first-order chi connectivity index (χ1) is 9.99. The van der Waals surface area contributed by atoms with Crippen LogP contribution in [0.2, 0.25) is 0 Å². The highest BCUT2D eigenvalue weighted by Crippen LogP contribution is 2.33. The average molecular weight is 284 g/mol. The second kappa shape index (κ2) is 6.53. The van der Waals surface area contributed by atoms with Gasteiger partial charge in [-0.25, -0.2) is 0 Å². The van der Waals surface area contributed by atoms with Crippen molar-refractivity contribution in [3.63, 3.8) is 0 Å². The van der Waals surface area contributed by atoms with Crippen molar-refractivity contribution in [1.82, 2.24) is 0 Å². The van der Waals surface area contributed by atoms with Gasteiger partial charge in [0.25, 0.3) is 0 Å². The lowest BCUT2D eigenvalue weighted by molar-refractivity contribution is 0.244. The van der Waals surface area contributed by atoms with Gasteiger partial charge < -0.3 is 15.4 Å². The van der Waals surface area contributed by atoms with Crippen LogP contribution in [0.15, 0.2) is 42.5 Å². The molecule has 0 aliphatic heterocycles. The Morgan fingerprint density at radius 1 is 1.10 bits per heavy atom. The fraction of sp³-hybridized carbons (Fsp3) is 0.333. The van der Waals surface area contributed by atoms with Gasteiger partial charge in [-0.1, -0.05) is 30.3 Å². The summed E-state index contributed by atoms with van der Waals surface area (Å²) in [6.07, 6.45) is 0.115. The van der Waals surface area contributed by atoms with Crippen LogP contribution in [-0.2, 0) is 6.54 Å². The molecule has 2 aromatic carbocycles. The second-order valence-corrected chi connectivity index (χ2v) is 5.64. The van der Waals surface area contributed by atoms with Gasteiger partial charge in [-0.2, -0.15) is 0 Å². The summed E-state index contributed by atoms with van der Waals surface area (Å²) < 4.78 is 5.76. The van der Waals surface area contributed by atoms with Gasteiger partial charge in [0.05, 0.1) is 17.5 Å². The highest BCUT2D eigenvalue weighted by Gasteiger charge is 2.12. The van der Waals surface area contributed by atoms with Crippen LogP contribution in [0.4, 0.5) is 11.4 Å². The lowest BCUT2D eigenvalue weighted by Crippen LogP contribution is -2.19. The first-order valence-electron chi connectivity index (χ1n) is 7.30. The minimum Gasteiger partial charge on any atom is -0.489 e. The summed E-state index contributed by atoms with van der Waals surface area (Å²) in [5.74, 6) is 0.749. The molecule has 0 spiro atoms. The average Bonchev–Trinajstić information content (AvgIpc) is 2.43. The first kappa shape index (κ1) is 15.2. The fourth-order valence-corrected chi connectivity index (χ4v) is 2.35. The standard InChI is InChI=1S/C18H24N2O/c1-13(2)21-17-11-7-10-16(18(17)19)20(4)12-15-9-6-5-8-14(15)3/h5-11,13H,12,19H2,1-4H3. The molecule has 0 aliphatic rings. The van der Waals surface area contributed by atoms with Gasteiger partial charge in [0.1, 0.15) is 5.75 Å². The molecule has 2 aromatic rings. The highest BCUT2D eigenvalue weighted by atomic mass is 16.5. The highest BCUT2D eigenvalue weighted by molar-refractivity contribution is 5.74. The van der Waals surface area contributed by atoms with Crippen molar-refractivity contribution >= 4 is 11.4 Å². The maximum atomic E-state index is 6.26. The number of aryl methyl sites for hydroxylation is 1. The van der Waals surface area contributed by atoms with Crippen molar-refractivity contribution in [2.45, 2.75) is 33.4 Å². The summed E-state index contributed by atoms with van der Waals surface area (Å²) in [7, 11) is 2.05. The normalized spacial score (nSPS) is 10.7. The van der Waals surface area contributed by atoms with Crippen molar-refractivity contribution in [2.24, 2.45) is 0 Å². The molecule has 21 heavy (non-hydrogen) atoms. The quantitative estimate of drug-likeness (QED) is 0.843. The molecule has 3 heteroatoms. The van der Waals surface area contributed by atoms with Crippen LogP contribution >= 0.6 is 0 Å². The molecule has 0 unspecified atom stereocenters. The van der Waals surface area contributed by atoms with E-state index in [1.807, 2.05) is 32.0 Å². The van der Waals surface area contributed by atoms with E-state index in [0.29, 0.717) is 5.69 Å². The summed E-state index contributed by atoms with van der Waals surface area (Å²) in [5, 5.41) is 0. The third-order valence-corrected chi connectivity index (χ3v) is 3.49. The van der Waals surface area contributed by atoms with Gasteiger partial charge in [-0.15, -0.1) is 0 Å². The molecule has 0 radical (unpaired) electrons. The Labute approximate surface area is 127 Å². The van der Waals surface area contributed by atoms with E-state index in [4.69, 9.17) is 10.5 Å². The molecule has 2 N–H and O–H groups in total. The number of hydrogen-bond acceptors (Lipinski definition) is 3. The van der Waals surface area contributed by atoms with Gasteiger partial charge in [0, 0.05) is 13.6 Å². The van der Waals surface area contributed by atoms with Gasteiger partial charge in [-0.3, -0.25) is 0 Å². The van der Waals surface area contributed by atoms with E-state index in [2.05, 4.69) is 43.1 Å². The molecular weight excluding hydrogens is 260 g/mol. The monoisotopic (exact) mass is 284 g/mol. The minimum absolute atomic E-state index is 0.115. The molecule has 0 atom stereocenters. The lowest BCUT2D eigenvalue weighted by atomic mass is 10.1. The van der Waals surface area contributed by atoms with Gasteiger partial charge in [-0.05, 0) is 44.0 Å². The van der Waals surface area contributed by atoms with Crippen molar-refractivity contribution in [1.29, 1.82) is 0 Å². The third kappa shape index (κ3) is 3.69. The third-order valence-electron chi connectivity index (χ3n) is 3.49. The van der Waals surface area contributed by atoms with E-state index in [0.717, 1.165) is 18.0 Å². The van der Waals surface area contributed by atoms with Gasteiger partial charge in [0.15, 0.2) is 0 Å². The van der Waals surface area contributed by atoms with E-state index in [1.165, 1.54) is 11.1 Å². The second-order valence-electron chi connectivity index (χ2n) is 5.64. The van der Waals surface area contributed by atoms with Gasteiger partial charge in [0.2, 0.25) is 0 Å². The Morgan fingerprint density at radius 2 is 1.81 bits per heavy atom. The maximum Gasteiger partial charge on any atom is 0.144 e. The smallest absolute Gasteiger partial charge is 0.144 e. The molecule has 0 saturated carbocycles. The lowest BCUT2D eigenvalue weighted by Gasteiger charge is -2.24. The number of benzene rings is 2. The molecule has 0 saturated heterocycles. The van der Waals surface area contributed by atoms with Crippen LogP contribution in [0, 0.1) is 6.92 Å². The Balaban J connectivity index is 2.23. The summed E-state index contributed by atoms with van der Waals surface area (Å²) in [5.41, 5.74) is 10.5. The van der Waals surface area contributed by atoms with E-state index in [9.17, 15) is 0 Å². The van der Waals surface area contributed by atoms with E-state index in [1.54, 1.807) is 0 Å². The zero-order chi connectivity index (χ0) is 15.4. The number of hydrogen-bond donors (Lipinski definition) is 1. The molecule has 0 amide bonds. The summed E-state index contributed by atoms with van der Waals surface area (Å²) in [6, 6.07) is 14.3. The topological polar surface area (TPSA) is 38.5 Å². The van der Waals surface area contributed by atoms with Crippen LogP contribution in [-0.4, -0.2) is 13.2 Å². The summed E-state index contributed by atoms with van der Waals surface area (Å²) >= 11 is 0. The fourth-order valence-electron chi connectivity index (χ4n) is 2.35. The largest absolute Gasteiger partial charge is 0.489 e. The Bertz CT molecular complexity index is 608. The van der Waals surface area contributed by atoms with Crippen LogP contribution in [0.5, 0.6) is 5.75 Å². The zero-order valence-corrected chi connectivity index (χ0v) is 13.3. The molecular formula is C18H24N2O. The van der Waals surface area contributed by atoms with Crippen molar-refractivity contribution in [2.75, 3.05) is 17.7 Å². The molecule has 3 nitrogen and oxygen atoms in total. The Kier molecular flexibility index (Phi) is 4.73. The molecule has 0 heterocycles. The molecule has 112 valence electrons. The summed E-state index contributed by atoms with van der Waals surface area (Å²) in [4.78, 5) is 2.16. The Hall–Kier alpha value is -2.16. The predicted octanol–water partition coefficient (Wildman–Crippen LogP) is 4.00. The predicted molar refractivity (Wildman–Crippen MR) is 89.9 cm³/mol. The van der Waals surface area contributed by atoms with Crippen LogP contribution < -0.4 is 15.4 Å². The molecule has 0 bridgehead atoms. The molecule has 0 aliphatic carbocycles. The van der Waals surface area contributed by atoms with E-state index >= 15 is 0 Å². The number of rotatable bonds is 5. The van der Waals surface area contributed by atoms with Crippen molar-refractivity contribution in [3.8, 4) is 5.75 Å². The first-order valence-corrected chi connectivity index (χ1v) is 7.30. The van der Waals surface area contributed by atoms with Gasteiger partial charge >= 0.3 is 0 Å². The Morgan fingerprint density at radius 3 is 2.48 bits per heavy atom. The van der Waals surface area contributed by atoms with Crippen LogP contribution in [0.25, 0.3) is 0 Å². The summed E-state index contributed by atoms with van der Waals surface area (Å²) in [6.45, 7) is 6.96. The minimum atomic E-state index is 0.115. The zero-order valence-electron chi connectivity index (χ0n) is 13.3. The maximum absolute atomic E-state index is 6.26. The van der Waals surface area contributed by atoms with Crippen molar-refractivity contribution in [3.05, 3.63) is 53.6 Å². The number of ether oxygens (including phenoxy) is 1. The number of para-hydroxylation sites is 1. The molecule has 0 aromatic heterocycles. The number of nitrogens with zero attached hydrogens (tertiary/aromatic N) is 1. The SMILES string of the molecule is Cc1ccccc1CN(C)c1cccc(OC(C)C)c1N. The number of nitrogen functional groups attached to an aromatic ring is 1.